The van der Waals surface area contributed by atoms with Gasteiger partial charge in [-0.15, -0.1) is 6.42 Å². The molecule has 0 atom stereocenters. The molecule has 1 aromatic carbocycles. The first-order chi connectivity index (χ1) is 9.69. The monoisotopic (exact) mass is 286 g/mol. The van der Waals surface area contributed by atoms with Crippen molar-refractivity contribution in [1.29, 1.82) is 0 Å². The van der Waals surface area contributed by atoms with E-state index in [0.717, 1.165) is 5.56 Å². The normalized spacial score (nSPS) is 10.4. The Balaban J connectivity index is 2.08. The summed E-state index contributed by atoms with van der Waals surface area (Å²) in [6.07, 6.45) is 7.77. The van der Waals surface area contributed by atoms with Crippen molar-refractivity contribution >= 4 is 23.6 Å². The molecule has 4 heteroatoms. The standard InChI is InChI=1S/C16H11ClO3/c1-2-10-19-16(18)9-7-14-6-8-15(20-14)12-4-3-5-13(17)11-12/h1,3-9,11H,10H2/b9-7+. The van der Waals surface area contributed by atoms with Crippen molar-refractivity contribution in [3.8, 4) is 23.7 Å². The number of hydrogen-bond donors (Lipinski definition) is 0. The summed E-state index contributed by atoms with van der Waals surface area (Å²) in [5.41, 5.74) is 0.868. The number of benzene rings is 1. The summed E-state index contributed by atoms with van der Waals surface area (Å²) < 4.78 is 10.3. The number of terminal acetylenes is 1. The first kappa shape index (κ1) is 14.0. The number of ether oxygens (including phenoxy) is 1. The average Bonchev–Trinajstić information content (AvgIpc) is 2.92. The molecule has 2 rings (SSSR count). The number of carbonyl (C=O) groups is 1. The fraction of sp³-hybridized carbons (Fsp3) is 0.0625. The van der Waals surface area contributed by atoms with Crippen LogP contribution in [0.25, 0.3) is 17.4 Å². The molecule has 0 aliphatic heterocycles. The van der Waals surface area contributed by atoms with Crippen molar-refractivity contribution in [3.63, 3.8) is 0 Å². The summed E-state index contributed by atoms with van der Waals surface area (Å²) in [7, 11) is 0. The predicted octanol–water partition coefficient (Wildman–Crippen LogP) is 3.79. The first-order valence-corrected chi connectivity index (χ1v) is 6.21. The summed E-state index contributed by atoms with van der Waals surface area (Å²) in [6.45, 7) is -0.0465. The Labute approximate surface area is 121 Å². The van der Waals surface area contributed by atoms with Crippen LogP contribution in [0, 0.1) is 12.3 Å². The van der Waals surface area contributed by atoms with Gasteiger partial charge in [-0.25, -0.2) is 4.79 Å². The molecule has 0 N–H and O–H groups in total. The topological polar surface area (TPSA) is 39.4 Å². The summed E-state index contributed by atoms with van der Waals surface area (Å²) in [5, 5.41) is 0.633. The van der Waals surface area contributed by atoms with Crippen molar-refractivity contribution < 1.29 is 13.9 Å². The van der Waals surface area contributed by atoms with Gasteiger partial charge in [0.15, 0.2) is 6.61 Å². The summed E-state index contributed by atoms with van der Waals surface area (Å²) >= 11 is 5.92. The third-order valence-electron chi connectivity index (χ3n) is 2.42. The Kier molecular flexibility index (Phi) is 4.65. The Hall–Kier alpha value is -2.44. The van der Waals surface area contributed by atoms with Crippen molar-refractivity contribution in [1.82, 2.24) is 0 Å². The number of halogens is 1. The molecule has 0 unspecified atom stereocenters. The van der Waals surface area contributed by atoms with Crippen LogP contribution in [0.4, 0.5) is 0 Å². The minimum Gasteiger partial charge on any atom is -0.457 e. The lowest BCUT2D eigenvalue weighted by Gasteiger charge is -1.97. The molecule has 3 nitrogen and oxygen atoms in total. The van der Waals surface area contributed by atoms with Gasteiger partial charge in [-0.3, -0.25) is 0 Å². The molecule has 0 radical (unpaired) electrons. The molecule has 0 saturated carbocycles. The number of carbonyl (C=O) groups excluding carboxylic acids is 1. The van der Waals surface area contributed by atoms with E-state index in [1.54, 1.807) is 24.3 Å². The van der Waals surface area contributed by atoms with Crippen LogP contribution in [0.1, 0.15) is 5.76 Å². The van der Waals surface area contributed by atoms with Crippen LogP contribution in [0.3, 0.4) is 0 Å². The summed E-state index contributed by atoms with van der Waals surface area (Å²) in [4.78, 5) is 11.2. The van der Waals surface area contributed by atoms with Crippen LogP contribution < -0.4 is 0 Å². The van der Waals surface area contributed by atoms with Crippen molar-refractivity contribution in [2.75, 3.05) is 6.61 Å². The number of furan rings is 1. The smallest absolute Gasteiger partial charge is 0.331 e. The zero-order chi connectivity index (χ0) is 14.4. The van der Waals surface area contributed by atoms with Crippen LogP contribution in [-0.2, 0) is 9.53 Å². The molecule has 0 bridgehead atoms. The maximum absolute atomic E-state index is 11.2. The second-order valence-electron chi connectivity index (χ2n) is 3.86. The van der Waals surface area contributed by atoms with E-state index in [1.807, 2.05) is 12.1 Å². The molecule has 0 aliphatic rings. The van der Waals surface area contributed by atoms with Crippen LogP contribution in [0.15, 0.2) is 46.9 Å². The third-order valence-corrected chi connectivity index (χ3v) is 2.65. The van der Waals surface area contributed by atoms with E-state index < -0.39 is 5.97 Å². The summed E-state index contributed by atoms with van der Waals surface area (Å²) in [6, 6.07) is 10.9. The highest BCUT2D eigenvalue weighted by Crippen LogP contribution is 2.25. The molecule has 0 aliphatic carbocycles. The molecule has 0 saturated heterocycles. The maximum Gasteiger partial charge on any atom is 0.331 e. The van der Waals surface area contributed by atoms with Gasteiger partial charge in [0.25, 0.3) is 0 Å². The van der Waals surface area contributed by atoms with Gasteiger partial charge in [0, 0.05) is 16.7 Å². The SMILES string of the molecule is C#CCOC(=O)/C=C/c1ccc(-c2cccc(Cl)c2)o1. The van der Waals surface area contributed by atoms with Crippen molar-refractivity contribution in [2.24, 2.45) is 0 Å². The second kappa shape index (κ2) is 6.65. The Bertz CT molecular complexity index is 677. The van der Waals surface area contributed by atoms with E-state index in [4.69, 9.17) is 27.2 Å². The van der Waals surface area contributed by atoms with E-state index in [-0.39, 0.29) is 6.61 Å². The summed E-state index contributed by atoms with van der Waals surface area (Å²) in [5.74, 6) is 2.91. The largest absolute Gasteiger partial charge is 0.457 e. The highest BCUT2D eigenvalue weighted by atomic mass is 35.5. The molecular weight excluding hydrogens is 276 g/mol. The average molecular weight is 287 g/mol. The minimum absolute atomic E-state index is 0.0465. The Morgan fingerprint density at radius 3 is 3.00 bits per heavy atom. The Morgan fingerprint density at radius 1 is 1.40 bits per heavy atom. The lowest BCUT2D eigenvalue weighted by molar-refractivity contribution is -0.136. The van der Waals surface area contributed by atoms with Gasteiger partial charge >= 0.3 is 5.97 Å². The van der Waals surface area contributed by atoms with Crippen molar-refractivity contribution in [2.45, 2.75) is 0 Å². The van der Waals surface area contributed by atoms with Gasteiger partial charge in [0.05, 0.1) is 0 Å². The molecule has 2 aromatic rings. The van der Waals surface area contributed by atoms with E-state index in [1.165, 1.54) is 12.2 Å². The number of rotatable bonds is 4. The zero-order valence-electron chi connectivity index (χ0n) is 10.5. The zero-order valence-corrected chi connectivity index (χ0v) is 11.3. The van der Waals surface area contributed by atoms with Crippen LogP contribution in [0.5, 0.6) is 0 Å². The second-order valence-corrected chi connectivity index (χ2v) is 4.29. The fourth-order valence-electron chi connectivity index (χ4n) is 1.55. The number of esters is 1. The molecular formula is C16H11ClO3. The quantitative estimate of drug-likeness (QED) is 0.488. The first-order valence-electron chi connectivity index (χ1n) is 5.83. The Morgan fingerprint density at radius 2 is 2.25 bits per heavy atom. The van der Waals surface area contributed by atoms with E-state index in [9.17, 15) is 4.79 Å². The predicted molar refractivity (Wildman–Crippen MR) is 78.0 cm³/mol. The number of hydrogen-bond acceptors (Lipinski definition) is 3. The minimum atomic E-state index is -0.511. The molecule has 20 heavy (non-hydrogen) atoms. The van der Waals surface area contributed by atoms with E-state index in [2.05, 4.69) is 5.92 Å². The lowest BCUT2D eigenvalue weighted by Crippen LogP contribution is -1.99. The van der Waals surface area contributed by atoms with E-state index >= 15 is 0 Å². The van der Waals surface area contributed by atoms with Gasteiger partial charge in [-0.2, -0.15) is 0 Å². The van der Waals surface area contributed by atoms with Crippen LogP contribution >= 0.6 is 11.6 Å². The van der Waals surface area contributed by atoms with Gasteiger partial charge < -0.3 is 9.15 Å². The molecule has 1 aromatic heterocycles. The highest BCUT2D eigenvalue weighted by Gasteiger charge is 2.04. The van der Waals surface area contributed by atoms with Crippen molar-refractivity contribution in [3.05, 3.63) is 53.3 Å². The van der Waals surface area contributed by atoms with Gasteiger partial charge in [-0.05, 0) is 30.3 Å². The lowest BCUT2D eigenvalue weighted by atomic mass is 10.2. The fourth-order valence-corrected chi connectivity index (χ4v) is 1.74. The van der Waals surface area contributed by atoms with Gasteiger partial charge in [0.2, 0.25) is 0 Å². The third kappa shape index (κ3) is 3.78. The molecule has 0 fully saturated rings. The maximum atomic E-state index is 11.2. The van der Waals surface area contributed by atoms with Gasteiger partial charge in [-0.1, -0.05) is 29.7 Å². The highest BCUT2D eigenvalue weighted by molar-refractivity contribution is 6.30. The van der Waals surface area contributed by atoms with E-state index in [0.29, 0.717) is 16.5 Å². The van der Waals surface area contributed by atoms with Gasteiger partial charge in [0.1, 0.15) is 11.5 Å². The van der Waals surface area contributed by atoms with Crippen LogP contribution in [0.2, 0.25) is 5.02 Å². The molecule has 0 spiro atoms. The van der Waals surface area contributed by atoms with Crippen LogP contribution in [-0.4, -0.2) is 12.6 Å². The molecule has 100 valence electrons. The molecule has 1 heterocycles. The molecule has 0 amide bonds.